The maximum atomic E-state index is 11.2. The molecule has 0 saturated heterocycles. The molecule has 100 valence electrons. The van der Waals surface area contributed by atoms with E-state index in [0.717, 1.165) is 0 Å². The van der Waals surface area contributed by atoms with E-state index in [1.165, 1.54) is 4.68 Å². The standard InChI is InChI=1S/C12H13ClN4O2/c1-12(2,11(18)19)7-17-10(14-15-16-17)8-5-3-4-6-9(8)13/h3-6H,7H2,1-2H3,(H,18,19). The second-order valence-electron chi connectivity index (χ2n) is 4.83. The van der Waals surface area contributed by atoms with Gasteiger partial charge in [0.25, 0.3) is 0 Å². The average molecular weight is 281 g/mol. The van der Waals surface area contributed by atoms with Gasteiger partial charge < -0.3 is 5.11 Å². The molecule has 1 aromatic carbocycles. The van der Waals surface area contributed by atoms with E-state index in [1.807, 2.05) is 6.07 Å². The van der Waals surface area contributed by atoms with Gasteiger partial charge >= 0.3 is 5.97 Å². The minimum Gasteiger partial charge on any atom is -0.481 e. The fourth-order valence-electron chi connectivity index (χ4n) is 1.59. The predicted octanol–water partition coefficient (Wildman–Crippen LogP) is 2.10. The van der Waals surface area contributed by atoms with Crippen molar-refractivity contribution in [2.45, 2.75) is 20.4 Å². The summed E-state index contributed by atoms with van der Waals surface area (Å²) in [5, 5.41) is 21.0. The number of rotatable bonds is 4. The van der Waals surface area contributed by atoms with Crippen LogP contribution < -0.4 is 0 Å². The monoisotopic (exact) mass is 280 g/mol. The molecule has 0 unspecified atom stereocenters. The first kappa shape index (κ1) is 13.5. The number of benzene rings is 1. The molecule has 0 fully saturated rings. The van der Waals surface area contributed by atoms with Crippen LogP contribution in [0.3, 0.4) is 0 Å². The summed E-state index contributed by atoms with van der Waals surface area (Å²) in [7, 11) is 0. The second-order valence-corrected chi connectivity index (χ2v) is 5.24. The van der Waals surface area contributed by atoms with Gasteiger partial charge in [-0.2, -0.15) is 0 Å². The summed E-state index contributed by atoms with van der Waals surface area (Å²) in [5.41, 5.74) is -0.291. The van der Waals surface area contributed by atoms with Gasteiger partial charge in [0.15, 0.2) is 5.82 Å². The van der Waals surface area contributed by atoms with Crippen molar-refractivity contribution < 1.29 is 9.90 Å². The number of aromatic nitrogens is 4. The highest BCUT2D eigenvalue weighted by atomic mass is 35.5. The molecule has 0 spiro atoms. The zero-order valence-corrected chi connectivity index (χ0v) is 11.3. The maximum absolute atomic E-state index is 11.2. The summed E-state index contributed by atoms with van der Waals surface area (Å²) in [6, 6.07) is 7.15. The highest BCUT2D eigenvalue weighted by molar-refractivity contribution is 6.33. The van der Waals surface area contributed by atoms with E-state index in [1.54, 1.807) is 32.0 Å². The van der Waals surface area contributed by atoms with E-state index >= 15 is 0 Å². The summed E-state index contributed by atoms with van der Waals surface area (Å²) < 4.78 is 1.45. The summed E-state index contributed by atoms with van der Waals surface area (Å²) in [6.45, 7) is 3.40. The largest absolute Gasteiger partial charge is 0.481 e. The molecule has 2 rings (SSSR count). The topological polar surface area (TPSA) is 80.9 Å². The van der Waals surface area contributed by atoms with Gasteiger partial charge in [0.2, 0.25) is 0 Å². The second kappa shape index (κ2) is 4.97. The summed E-state index contributed by atoms with van der Waals surface area (Å²) >= 11 is 6.10. The number of nitrogens with zero attached hydrogens (tertiary/aromatic N) is 4. The van der Waals surface area contributed by atoms with Crippen LogP contribution in [-0.2, 0) is 11.3 Å². The van der Waals surface area contributed by atoms with Crippen LogP contribution in [-0.4, -0.2) is 31.3 Å². The van der Waals surface area contributed by atoms with Gasteiger partial charge in [0.1, 0.15) is 0 Å². The third-order valence-electron chi connectivity index (χ3n) is 2.77. The van der Waals surface area contributed by atoms with Crippen molar-refractivity contribution in [1.29, 1.82) is 0 Å². The lowest BCUT2D eigenvalue weighted by Crippen LogP contribution is -2.30. The fourth-order valence-corrected chi connectivity index (χ4v) is 1.81. The van der Waals surface area contributed by atoms with Crippen LogP contribution >= 0.6 is 11.6 Å². The molecule has 1 heterocycles. The average Bonchev–Trinajstić information content (AvgIpc) is 2.77. The van der Waals surface area contributed by atoms with Gasteiger partial charge in [0, 0.05) is 5.56 Å². The molecule has 0 radical (unpaired) electrons. The number of carbonyl (C=O) groups is 1. The third-order valence-corrected chi connectivity index (χ3v) is 3.10. The third kappa shape index (κ3) is 2.73. The van der Waals surface area contributed by atoms with Crippen molar-refractivity contribution in [1.82, 2.24) is 20.2 Å². The van der Waals surface area contributed by atoms with Gasteiger partial charge in [-0.15, -0.1) is 5.10 Å². The lowest BCUT2D eigenvalue weighted by molar-refractivity contribution is -0.147. The summed E-state index contributed by atoms with van der Waals surface area (Å²) in [6.07, 6.45) is 0. The zero-order valence-electron chi connectivity index (χ0n) is 10.5. The van der Waals surface area contributed by atoms with Crippen LogP contribution in [0.5, 0.6) is 0 Å². The number of hydrogen-bond acceptors (Lipinski definition) is 4. The van der Waals surface area contributed by atoms with E-state index < -0.39 is 11.4 Å². The van der Waals surface area contributed by atoms with Crippen LogP contribution in [0.1, 0.15) is 13.8 Å². The van der Waals surface area contributed by atoms with Gasteiger partial charge in [0.05, 0.1) is 17.0 Å². The predicted molar refractivity (Wildman–Crippen MR) is 69.7 cm³/mol. The van der Waals surface area contributed by atoms with E-state index in [-0.39, 0.29) is 6.54 Å². The molecule has 0 saturated carbocycles. The van der Waals surface area contributed by atoms with Gasteiger partial charge in [-0.1, -0.05) is 23.7 Å². The Morgan fingerprint density at radius 3 is 2.74 bits per heavy atom. The normalized spacial score (nSPS) is 11.5. The van der Waals surface area contributed by atoms with Crippen LogP contribution in [0.4, 0.5) is 0 Å². The number of carboxylic acids is 1. The Balaban J connectivity index is 2.39. The van der Waals surface area contributed by atoms with Crippen molar-refractivity contribution in [3.05, 3.63) is 29.3 Å². The first-order valence-corrected chi connectivity index (χ1v) is 6.04. The van der Waals surface area contributed by atoms with E-state index in [2.05, 4.69) is 15.5 Å². The molecule has 6 nitrogen and oxygen atoms in total. The van der Waals surface area contributed by atoms with Gasteiger partial charge in [-0.05, 0) is 36.4 Å². The Morgan fingerprint density at radius 1 is 1.42 bits per heavy atom. The molecular weight excluding hydrogens is 268 g/mol. The Kier molecular flexibility index (Phi) is 3.53. The summed E-state index contributed by atoms with van der Waals surface area (Å²) in [4.78, 5) is 11.2. The number of halogens is 1. The molecule has 0 aliphatic rings. The van der Waals surface area contributed by atoms with E-state index in [9.17, 15) is 4.79 Å². The SMILES string of the molecule is CC(C)(Cn1nnnc1-c1ccccc1Cl)C(=O)O. The van der Waals surface area contributed by atoms with Crippen molar-refractivity contribution in [3.63, 3.8) is 0 Å². The first-order chi connectivity index (χ1) is 8.92. The lowest BCUT2D eigenvalue weighted by atomic mass is 9.94. The smallest absolute Gasteiger partial charge is 0.310 e. The minimum atomic E-state index is -0.967. The Morgan fingerprint density at radius 2 is 2.11 bits per heavy atom. The maximum Gasteiger partial charge on any atom is 0.310 e. The molecule has 1 aromatic heterocycles. The quantitative estimate of drug-likeness (QED) is 0.927. The van der Waals surface area contributed by atoms with Crippen LogP contribution in [0.2, 0.25) is 5.02 Å². The van der Waals surface area contributed by atoms with Crippen LogP contribution in [0, 0.1) is 5.41 Å². The number of carboxylic acid groups (broad SMARTS) is 1. The van der Waals surface area contributed by atoms with Crippen molar-refractivity contribution >= 4 is 17.6 Å². The molecule has 0 amide bonds. The fraction of sp³-hybridized carbons (Fsp3) is 0.333. The molecule has 0 aliphatic carbocycles. The highest BCUT2D eigenvalue weighted by Crippen LogP contribution is 2.27. The molecule has 0 bridgehead atoms. The first-order valence-electron chi connectivity index (χ1n) is 5.66. The van der Waals surface area contributed by atoms with E-state index in [4.69, 9.17) is 16.7 Å². The Bertz CT molecular complexity index is 609. The highest BCUT2D eigenvalue weighted by Gasteiger charge is 2.29. The van der Waals surface area contributed by atoms with Crippen molar-refractivity contribution in [3.8, 4) is 11.4 Å². The minimum absolute atomic E-state index is 0.163. The molecule has 0 aliphatic heterocycles. The number of hydrogen-bond donors (Lipinski definition) is 1. The van der Waals surface area contributed by atoms with Gasteiger partial charge in [-0.25, -0.2) is 4.68 Å². The van der Waals surface area contributed by atoms with Crippen LogP contribution in [0.25, 0.3) is 11.4 Å². The van der Waals surface area contributed by atoms with Crippen LogP contribution in [0.15, 0.2) is 24.3 Å². The molecule has 1 N–H and O–H groups in total. The zero-order chi connectivity index (χ0) is 14.0. The Labute approximate surface area is 115 Å². The molecule has 19 heavy (non-hydrogen) atoms. The van der Waals surface area contributed by atoms with E-state index in [0.29, 0.717) is 16.4 Å². The molecule has 0 atom stereocenters. The molecular formula is C12H13ClN4O2. The number of aliphatic carboxylic acids is 1. The van der Waals surface area contributed by atoms with Crippen molar-refractivity contribution in [2.24, 2.45) is 5.41 Å². The lowest BCUT2D eigenvalue weighted by Gasteiger charge is -2.19. The molecule has 7 heteroatoms. The number of tetrazole rings is 1. The Hall–Kier alpha value is -1.95. The summed E-state index contributed by atoms with van der Waals surface area (Å²) in [5.74, 6) is -0.451. The van der Waals surface area contributed by atoms with Crippen molar-refractivity contribution in [2.75, 3.05) is 0 Å². The van der Waals surface area contributed by atoms with Gasteiger partial charge in [-0.3, -0.25) is 4.79 Å². The molecule has 2 aromatic rings.